The Hall–Kier alpha value is -1.26. The van der Waals surface area contributed by atoms with E-state index in [9.17, 15) is 17.6 Å². The summed E-state index contributed by atoms with van der Waals surface area (Å²) in [6.45, 7) is 2.34. The van der Waals surface area contributed by atoms with Gasteiger partial charge in [-0.1, -0.05) is 25.8 Å². The maximum absolute atomic E-state index is 13.8. The third-order valence-electron chi connectivity index (χ3n) is 6.36. The zero-order valence-electron chi connectivity index (χ0n) is 15.3. The molecule has 0 spiro atoms. The molecule has 26 heavy (non-hydrogen) atoms. The molecule has 0 N–H and O–H groups in total. The van der Waals surface area contributed by atoms with E-state index in [-0.39, 0.29) is 0 Å². The van der Waals surface area contributed by atoms with Crippen molar-refractivity contribution in [2.24, 2.45) is 23.7 Å². The highest BCUT2D eigenvalue weighted by Gasteiger charge is 2.33. The number of rotatable bonds is 4. The summed E-state index contributed by atoms with van der Waals surface area (Å²) in [6.07, 6.45) is 6.06. The van der Waals surface area contributed by atoms with Crippen LogP contribution in [0.3, 0.4) is 0 Å². The number of benzene rings is 1. The van der Waals surface area contributed by atoms with Gasteiger partial charge in [-0.15, -0.1) is 13.2 Å². The molecule has 0 saturated heterocycles. The molecule has 0 atom stereocenters. The first-order valence-electron chi connectivity index (χ1n) is 9.84. The van der Waals surface area contributed by atoms with Gasteiger partial charge in [0.1, 0.15) is 0 Å². The SMILES string of the molecule is CC1CCC(C2CCC(Cc3ccc(OC(F)(F)F)c(F)c3)CC2)CC1. The maximum atomic E-state index is 13.8. The van der Waals surface area contributed by atoms with E-state index in [0.29, 0.717) is 5.92 Å². The molecule has 0 heterocycles. The molecular formula is C21H28F4O. The van der Waals surface area contributed by atoms with Crippen LogP contribution in [0.15, 0.2) is 18.2 Å². The minimum absolute atomic E-state index is 0.502. The molecule has 2 aliphatic rings. The fourth-order valence-electron chi connectivity index (χ4n) is 4.83. The highest BCUT2D eigenvalue weighted by Crippen LogP contribution is 2.42. The Bertz CT molecular complexity index is 582. The highest BCUT2D eigenvalue weighted by molar-refractivity contribution is 5.29. The van der Waals surface area contributed by atoms with Crippen LogP contribution in [-0.2, 0) is 6.42 Å². The van der Waals surface area contributed by atoms with Crippen LogP contribution >= 0.6 is 0 Å². The zero-order chi connectivity index (χ0) is 18.7. The molecule has 2 aliphatic carbocycles. The largest absolute Gasteiger partial charge is 0.573 e. The minimum Gasteiger partial charge on any atom is -0.403 e. The van der Waals surface area contributed by atoms with Crippen molar-refractivity contribution in [1.29, 1.82) is 0 Å². The number of halogens is 4. The second-order valence-electron chi connectivity index (χ2n) is 8.32. The summed E-state index contributed by atoms with van der Waals surface area (Å²) in [5.74, 6) is 1.40. The van der Waals surface area contributed by atoms with Crippen LogP contribution in [-0.4, -0.2) is 6.36 Å². The molecule has 2 saturated carbocycles. The molecule has 1 nitrogen and oxygen atoms in total. The van der Waals surface area contributed by atoms with Crippen LogP contribution in [0.25, 0.3) is 0 Å². The van der Waals surface area contributed by atoms with Gasteiger partial charge in [0.05, 0.1) is 0 Å². The summed E-state index contributed by atoms with van der Waals surface area (Å²) < 4.78 is 54.2. The first-order valence-corrected chi connectivity index (χ1v) is 9.84. The van der Waals surface area contributed by atoms with E-state index >= 15 is 0 Å². The lowest BCUT2D eigenvalue weighted by molar-refractivity contribution is -0.275. The van der Waals surface area contributed by atoms with E-state index in [0.717, 1.165) is 48.6 Å². The Kier molecular flexibility index (Phi) is 6.13. The first-order chi connectivity index (χ1) is 12.3. The molecule has 1 aromatic rings. The molecule has 5 heteroatoms. The summed E-state index contributed by atoms with van der Waals surface area (Å²) in [5, 5.41) is 0. The number of alkyl halides is 3. The van der Waals surface area contributed by atoms with Crippen LogP contribution in [0.2, 0.25) is 0 Å². The Morgan fingerprint density at radius 1 is 0.923 bits per heavy atom. The van der Waals surface area contributed by atoms with Gasteiger partial charge in [-0.3, -0.25) is 0 Å². The molecular weight excluding hydrogens is 344 g/mol. The monoisotopic (exact) mass is 372 g/mol. The second-order valence-corrected chi connectivity index (χ2v) is 8.32. The van der Waals surface area contributed by atoms with Crippen LogP contribution in [0.4, 0.5) is 17.6 Å². The standard InChI is InChI=1S/C21H28F4O/c1-14-2-7-17(8-3-14)18-9-4-15(5-10-18)12-16-6-11-20(19(22)13-16)26-21(23,24)25/h6,11,13-15,17-18H,2-5,7-10,12H2,1H3. The van der Waals surface area contributed by atoms with Gasteiger partial charge in [-0.05, 0) is 86.3 Å². The molecule has 1 aromatic carbocycles. The van der Waals surface area contributed by atoms with E-state index in [4.69, 9.17) is 0 Å². The van der Waals surface area contributed by atoms with Crippen molar-refractivity contribution in [2.75, 3.05) is 0 Å². The third kappa shape index (κ3) is 5.37. The second kappa shape index (κ2) is 8.18. The molecule has 0 aromatic heterocycles. The smallest absolute Gasteiger partial charge is 0.403 e. The topological polar surface area (TPSA) is 9.23 Å². The summed E-state index contributed by atoms with van der Waals surface area (Å²) in [5.41, 5.74) is 0.756. The Morgan fingerprint density at radius 2 is 1.50 bits per heavy atom. The van der Waals surface area contributed by atoms with Gasteiger partial charge in [0.2, 0.25) is 0 Å². The number of hydrogen-bond acceptors (Lipinski definition) is 1. The fourth-order valence-corrected chi connectivity index (χ4v) is 4.83. The van der Waals surface area contributed by atoms with Crippen molar-refractivity contribution in [3.05, 3.63) is 29.6 Å². The molecule has 0 amide bonds. The van der Waals surface area contributed by atoms with E-state index < -0.39 is 17.9 Å². The van der Waals surface area contributed by atoms with E-state index in [1.807, 2.05) is 0 Å². The predicted octanol–water partition coefficient (Wildman–Crippen LogP) is 6.90. The lowest BCUT2D eigenvalue weighted by atomic mass is 9.69. The Morgan fingerprint density at radius 3 is 2.04 bits per heavy atom. The van der Waals surface area contributed by atoms with Crippen molar-refractivity contribution in [1.82, 2.24) is 0 Å². The van der Waals surface area contributed by atoms with Gasteiger partial charge in [0, 0.05) is 0 Å². The van der Waals surface area contributed by atoms with Crippen LogP contribution in [0.1, 0.15) is 63.9 Å². The molecule has 2 fully saturated rings. The van der Waals surface area contributed by atoms with Crippen molar-refractivity contribution >= 4 is 0 Å². The Labute approximate surface area is 153 Å². The zero-order valence-corrected chi connectivity index (χ0v) is 15.3. The summed E-state index contributed by atoms with van der Waals surface area (Å²) >= 11 is 0. The van der Waals surface area contributed by atoms with E-state index in [2.05, 4.69) is 11.7 Å². The summed E-state index contributed by atoms with van der Waals surface area (Å²) in [7, 11) is 0. The molecule has 0 radical (unpaired) electrons. The average Bonchev–Trinajstić information content (AvgIpc) is 2.58. The van der Waals surface area contributed by atoms with Gasteiger partial charge in [-0.25, -0.2) is 4.39 Å². The van der Waals surface area contributed by atoms with Gasteiger partial charge < -0.3 is 4.74 Å². The Balaban J connectivity index is 1.49. The lowest BCUT2D eigenvalue weighted by Crippen LogP contribution is -2.25. The lowest BCUT2D eigenvalue weighted by Gasteiger charge is -2.37. The van der Waals surface area contributed by atoms with Crippen molar-refractivity contribution in [2.45, 2.75) is 71.1 Å². The van der Waals surface area contributed by atoms with Gasteiger partial charge in [-0.2, -0.15) is 0 Å². The summed E-state index contributed by atoms with van der Waals surface area (Å²) in [4.78, 5) is 0. The minimum atomic E-state index is -4.86. The van der Waals surface area contributed by atoms with Crippen molar-refractivity contribution < 1.29 is 22.3 Å². The number of hydrogen-bond donors (Lipinski definition) is 0. The van der Waals surface area contributed by atoms with Gasteiger partial charge >= 0.3 is 6.36 Å². The highest BCUT2D eigenvalue weighted by atomic mass is 19.4. The van der Waals surface area contributed by atoms with Crippen molar-refractivity contribution in [3.63, 3.8) is 0 Å². The molecule has 0 unspecified atom stereocenters. The third-order valence-corrected chi connectivity index (χ3v) is 6.36. The van der Waals surface area contributed by atoms with Crippen molar-refractivity contribution in [3.8, 4) is 5.75 Å². The maximum Gasteiger partial charge on any atom is 0.573 e. The predicted molar refractivity (Wildman–Crippen MR) is 93.4 cm³/mol. The van der Waals surface area contributed by atoms with E-state index in [1.165, 1.54) is 44.6 Å². The van der Waals surface area contributed by atoms with Gasteiger partial charge in [0.15, 0.2) is 11.6 Å². The average molecular weight is 372 g/mol. The van der Waals surface area contributed by atoms with Crippen LogP contribution in [0.5, 0.6) is 5.75 Å². The normalized spacial score (nSPS) is 30.2. The quantitative estimate of drug-likeness (QED) is 0.522. The first kappa shape index (κ1) is 19.5. The van der Waals surface area contributed by atoms with E-state index in [1.54, 1.807) is 6.07 Å². The number of ether oxygens (including phenoxy) is 1. The molecule has 0 aliphatic heterocycles. The molecule has 146 valence electrons. The molecule has 0 bridgehead atoms. The molecule has 3 rings (SSSR count). The van der Waals surface area contributed by atoms with Crippen LogP contribution in [0, 0.1) is 29.5 Å². The van der Waals surface area contributed by atoms with Gasteiger partial charge in [0.25, 0.3) is 0 Å². The summed E-state index contributed by atoms with van der Waals surface area (Å²) in [6, 6.07) is 3.83. The fraction of sp³-hybridized carbons (Fsp3) is 0.714. The van der Waals surface area contributed by atoms with Crippen LogP contribution < -0.4 is 4.74 Å².